The molecule has 0 saturated carbocycles. The second kappa shape index (κ2) is 8.17. The summed E-state index contributed by atoms with van der Waals surface area (Å²) in [4.78, 5) is 4.25. The number of aliphatic imine (C=N–C) groups is 1. The molecule has 2 aromatic rings. The van der Waals surface area contributed by atoms with Crippen LogP contribution in [0.5, 0.6) is 0 Å². The quantitative estimate of drug-likeness (QED) is 0.630. The minimum atomic E-state index is 0.600. The smallest absolute Gasteiger partial charge is 0.191 e. The second-order valence-electron chi connectivity index (χ2n) is 4.93. The summed E-state index contributed by atoms with van der Waals surface area (Å²) in [5.41, 5.74) is 2.65. The minimum absolute atomic E-state index is 0.600. The predicted octanol–water partition coefficient (Wildman–Crippen LogP) is 1.73. The number of benzene rings is 1. The Hall–Kier alpha value is -2.37. The number of nitrogens with one attached hydrogen (secondary N) is 2. The van der Waals surface area contributed by atoms with E-state index in [1.807, 2.05) is 4.57 Å². The average molecular weight is 300 g/mol. The van der Waals surface area contributed by atoms with Gasteiger partial charge in [0.2, 0.25) is 0 Å². The third-order valence-electron chi connectivity index (χ3n) is 3.62. The molecule has 1 heterocycles. The van der Waals surface area contributed by atoms with Gasteiger partial charge in [0.25, 0.3) is 0 Å². The number of guanidine groups is 1. The molecule has 0 aliphatic heterocycles. The third-order valence-corrected chi connectivity index (χ3v) is 3.62. The normalized spacial score (nSPS) is 11.5. The maximum absolute atomic E-state index is 4.25. The molecule has 0 unspecified atom stereocenters. The lowest BCUT2D eigenvalue weighted by Crippen LogP contribution is -2.37. The highest BCUT2D eigenvalue weighted by Gasteiger charge is 2.05. The van der Waals surface area contributed by atoms with Crippen LogP contribution in [-0.2, 0) is 26.1 Å². The number of hydrogen-bond acceptors (Lipinski definition) is 3. The monoisotopic (exact) mass is 300 g/mol. The molecule has 0 saturated heterocycles. The fourth-order valence-corrected chi connectivity index (χ4v) is 2.32. The molecule has 0 radical (unpaired) electrons. The van der Waals surface area contributed by atoms with Gasteiger partial charge >= 0.3 is 0 Å². The van der Waals surface area contributed by atoms with Crippen LogP contribution in [0.2, 0.25) is 0 Å². The van der Waals surface area contributed by atoms with Crippen molar-refractivity contribution in [3.05, 3.63) is 47.5 Å². The molecule has 2 N–H and O–H groups in total. The molecule has 0 bridgehead atoms. The molecule has 0 amide bonds. The fraction of sp³-hybridized carbons (Fsp3) is 0.438. The van der Waals surface area contributed by atoms with Crippen molar-refractivity contribution in [1.29, 1.82) is 0 Å². The molecule has 22 heavy (non-hydrogen) atoms. The van der Waals surface area contributed by atoms with Crippen molar-refractivity contribution in [3.8, 4) is 0 Å². The number of nitrogens with zero attached hydrogens (tertiary/aromatic N) is 4. The summed E-state index contributed by atoms with van der Waals surface area (Å²) in [6.07, 6.45) is 2.77. The van der Waals surface area contributed by atoms with Crippen molar-refractivity contribution < 1.29 is 0 Å². The summed E-state index contributed by atoms with van der Waals surface area (Å²) < 4.78 is 2.01. The zero-order chi connectivity index (χ0) is 15.8. The molecule has 1 aromatic heterocycles. The third kappa shape index (κ3) is 4.07. The molecule has 0 aliphatic carbocycles. The van der Waals surface area contributed by atoms with Crippen LogP contribution in [0.1, 0.15) is 30.8 Å². The molecule has 6 nitrogen and oxygen atoms in total. The van der Waals surface area contributed by atoms with Gasteiger partial charge in [-0.2, -0.15) is 0 Å². The Labute approximate surface area is 131 Å². The first kappa shape index (κ1) is 16.0. The van der Waals surface area contributed by atoms with Gasteiger partial charge < -0.3 is 15.2 Å². The summed E-state index contributed by atoms with van der Waals surface area (Å²) in [5, 5.41) is 14.6. The zero-order valence-electron chi connectivity index (χ0n) is 13.5. The van der Waals surface area contributed by atoms with Gasteiger partial charge in [-0.25, -0.2) is 0 Å². The highest BCUT2D eigenvalue weighted by Crippen LogP contribution is 2.08. The molecule has 118 valence electrons. The number of aryl methyl sites for hydroxylation is 2. The van der Waals surface area contributed by atoms with Crippen LogP contribution in [0.15, 0.2) is 35.6 Å². The van der Waals surface area contributed by atoms with Gasteiger partial charge in [-0.1, -0.05) is 31.2 Å². The van der Waals surface area contributed by atoms with E-state index in [1.165, 1.54) is 11.1 Å². The van der Waals surface area contributed by atoms with E-state index < -0.39 is 0 Å². The van der Waals surface area contributed by atoms with E-state index in [0.29, 0.717) is 6.54 Å². The zero-order valence-corrected chi connectivity index (χ0v) is 13.5. The van der Waals surface area contributed by atoms with E-state index in [-0.39, 0.29) is 0 Å². The fourth-order valence-electron chi connectivity index (χ4n) is 2.32. The van der Waals surface area contributed by atoms with E-state index in [4.69, 9.17) is 0 Å². The van der Waals surface area contributed by atoms with E-state index in [2.05, 4.69) is 63.9 Å². The van der Waals surface area contributed by atoms with Crippen LogP contribution >= 0.6 is 0 Å². The Morgan fingerprint density at radius 3 is 2.55 bits per heavy atom. The summed E-state index contributed by atoms with van der Waals surface area (Å²) in [6.45, 7) is 6.46. The SMILES string of the molecule is CCc1ccccc1CNC(=NC)NCc1nncn1CC. The van der Waals surface area contributed by atoms with Crippen LogP contribution in [-0.4, -0.2) is 27.8 Å². The van der Waals surface area contributed by atoms with Crippen molar-refractivity contribution >= 4 is 5.96 Å². The highest BCUT2D eigenvalue weighted by molar-refractivity contribution is 5.79. The molecule has 6 heteroatoms. The largest absolute Gasteiger partial charge is 0.352 e. The molecular weight excluding hydrogens is 276 g/mol. The predicted molar refractivity (Wildman–Crippen MR) is 88.6 cm³/mol. The van der Waals surface area contributed by atoms with Crippen molar-refractivity contribution in [3.63, 3.8) is 0 Å². The van der Waals surface area contributed by atoms with Gasteiger partial charge in [0, 0.05) is 20.1 Å². The standard InChI is InChI=1S/C16H24N6/c1-4-13-8-6-7-9-14(13)10-18-16(17-3)19-11-15-21-20-12-22(15)5-2/h6-9,12H,4-5,10-11H2,1-3H3,(H2,17,18,19). The first-order valence-corrected chi connectivity index (χ1v) is 7.66. The summed E-state index contributed by atoms with van der Waals surface area (Å²) in [7, 11) is 1.77. The van der Waals surface area contributed by atoms with E-state index >= 15 is 0 Å². The summed E-state index contributed by atoms with van der Waals surface area (Å²) in [5.74, 6) is 1.66. The van der Waals surface area contributed by atoms with Gasteiger partial charge in [0.05, 0.1) is 6.54 Å². The topological polar surface area (TPSA) is 67.1 Å². The maximum Gasteiger partial charge on any atom is 0.191 e. The first-order valence-electron chi connectivity index (χ1n) is 7.66. The summed E-state index contributed by atoms with van der Waals surface area (Å²) >= 11 is 0. The molecule has 0 fully saturated rings. The molecular formula is C16H24N6. The Kier molecular flexibility index (Phi) is 5.94. The van der Waals surface area contributed by atoms with Crippen molar-refractivity contribution in [2.24, 2.45) is 4.99 Å². The second-order valence-corrected chi connectivity index (χ2v) is 4.93. The van der Waals surface area contributed by atoms with Crippen LogP contribution < -0.4 is 10.6 Å². The van der Waals surface area contributed by atoms with Crippen molar-refractivity contribution in [2.45, 2.75) is 39.9 Å². The van der Waals surface area contributed by atoms with E-state index in [9.17, 15) is 0 Å². The number of aromatic nitrogens is 3. The Balaban J connectivity index is 1.90. The lowest BCUT2D eigenvalue weighted by atomic mass is 10.1. The molecule has 2 rings (SSSR count). The lowest BCUT2D eigenvalue weighted by molar-refractivity contribution is 0.669. The van der Waals surface area contributed by atoms with Crippen LogP contribution in [0.3, 0.4) is 0 Å². The summed E-state index contributed by atoms with van der Waals surface area (Å²) in [6, 6.07) is 8.45. The molecule has 0 spiro atoms. The molecule has 0 atom stereocenters. The van der Waals surface area contributed by atoms with Gasteiger partial charge in [-0.15, -0.1) is 10.2 Å². The van der Waals surface area contributed by atoms with Crippen molar-refractivity contribution in [1.82, 2.24) is 25.4 Å². The van der Waals surface area contributed by atoms with Crippen molar-refractivity contribution in [2.75, 3.05) is 7.05 Å². The number of rotatable bonds is 6. The molecule has 0 aliphatic rings. The van der Waals surface area contributed by atoms with Gasteiger partial charge in [0.1, 0.15) is 6.33 Å². The Morgan fingerprint density at radius 2 is 1.86 bits per heavy atom. The van der Waals surface area contributed by atoms with E-state index in [0.717, 1.165) is 31.3 Å². The van der Waals surface area contributed by atoms with E-state index in [1.54, 1.807) is 13.4 Å². The van der Waals surface area contributed by atoms with Gasteiger partial charge in [-0.05, 0) is 24.5 Å². The lowest BCUT2D eigenvalue weighted by Gasteiger charge is -2.13. The minimum Gasteiger partial charge on any atom is -0.352 e. The van der Waals surface area contributed by atoms with Crippen LogP contribution in [0.25, 0.3) is 0 Å². The number of hydrogen-bond donors (Lipinski definition) is 2. The van der Waals surface area contributed by atoms with Gasteiger partial charge in [0.15, 0.2) is 11.8 Å². The average Bonchev–Trinajstić information content (AvgIpc) is 3.03. The first-order chi connectivity index (χ1) is 10.8. The highest BCUT2D eigenvalue weighted by atomic mass is 15.3. The van der Waals surface area contributed by atoms with Crippen LogP contribution in [0.4, 0.5) is 0 Å². The van der Waals surface area contributed by atoms with Crippen LogP contribution in [0, 0.1) is 0 Å². The van der Waals surface area contributed by atoms with Gasteiger partial charge in [-0.3, -0.25) is 4.99 Å². The Bertz CT molecular complexity index is 617. The Morgan fingerprint density at radius 1 is 1.14 bits per heavy atom. The molecule has 1 aromatic carbocycles. The maximum atomic E-state index is 4.25.